The van der Waals surface area contributed by atoms with Crippen LogP contribution in [0.25, 0.3) is 0 Å². The lowest BCUT2D eigenvalue weighted by atomic mass is 10.1. The summed E-state index contributed by atoms with van der Waals surface area (Å²) >= 11 is 0. The molecule has 2 aliphatic rings. The van der Waals surface area contributed by atoms with E-state index in [0.717, 1.165) is 36.2 Å². The van der Waals surface area contributed by atoms with Crippen molar-refractivity contribution < 1.29 is 9.59 Å². The first kappa shape index (κ1) is 17.0. The Hall–Kier alpha value is -2.46. The van der Waals surface area contributed by atoms with Crippen LogP contribution in [0.1, 0.15) is 36.0 Å². The summed E-state index contributed by atoms with van der Waals surface area (Å²) in [5.74, 6) is -0.171. The van der Waals surface area contributed by atoms with Crippen LogP contribution in [0.15, 0.2) is 48.5 Å². The molecule has 1 aliphatic heterocycles. The monoisotopic (exact) mass is 348 g/mol. The highest BCUT2D eigenvalue weighted by atomic mass is 16.2. The summed E-state index contributed by atoms with van der Waals surface area (Å²) in [5.41, 5.74) is 4.01. The van der Waals surface area contributed by atoms with Crippen LogP contribution in [0.4, 0.5) is 5.69 Å². The summed E-state index contributed by atoms with van der Waals surface area (Å²) in [4.78, 5) is 29.5. The Morgan fingerprint density at radius 2 is 1.77 bits per heavy atom. The number of hydrogen-bond acceptors (Lipinski definition) is 3. The molecule has 2 amide bonds. The fourth-order valence-electron chi connectivity index (χ4n) is 3.88. The van der Waals surface area contributed by atoms with Crippen molar-refractivity contribution in [2.24, 2.45) is 0 Å². The van der Waals surface area contributed by atoms with Gasteiger partial charge in [-0.2, -0.15) is 0 Å². The molecular weight excluding hydrogens is 324 g/mol. The molecule has 4 heteroatoms. The number of carbonyl (C=O) groups excluding carboxylic acids is 2. The van der Waals surface area contributed by atoms with Crippen LogP contribution in [0.3, 0.4) is 0 Å². The van der Waals surface area contributed by atoms with Gasteiger partial charge in [-0.1, -0.05) is 48.0 Å². The number of aryl methyl sites for hydroxylation is 2. The van der Waals surface area contributed by atoms with Crippen molar-refractivity contribution in [1.29, 1.82) is 0 Å². The fourth-order valence-corrected chi connectivity index (χ4v) is 3.88. The molecule has 134 valence electrons. The lowest BCUT2D eigenvalue weighted by molar-refractivity contribution is -0.123. The quantitative estimate of drug-likeness (QED) is 0.775. The van der Waals surface area contributed by atoms with Crippen LogP contribution in [0, 0.1) is 13.8 Å². The summed E-state index contributed by atoms with van der Waals surface area (Å²) in [6, 6.07) is 16.1. The molecule has 2 aromatic rings. The number of benzene rings is 2. The van der Waals surface area contributed by atoms with Gasteiger partial charge in [0.05, 0.1) is 18.2 Å². The van der Waals surface area contributed by atoms with Gasteiger partial charge in [0.25, 0.3) is 5.91 Å². The number of amides is 2. The Labute approximate surface area is 154 Å². The highest BCUT2D eigenvalue weighted by Gasteiger charge is 2.46. The minimum absolute atomic E-state index is 0.0789. The smallest absolute Gasteiger partial charge is 0.251 e. The van der Waals surface area contributed by atoms with E-state index in [1.807, 2.05) is 50.2 Å². The molecule has 0 aromatic heterocycles. The predicted octanol–water partition coefficient (Wildman–Crippen LogP) is 3.60. The third-order valence-corrected chi connectivity index (χ3v) is 5.34. The molecule has 1 aliphatic carbocycles. The molecule has 4 rings (SSSR count). The van der Waals surface area contributed by atoms with Gasteiger partial charge in [-0.15, -0.1) is 0 Å². The second-order valence-corrected chi connectivity index (χ2v) is 7.47. The molecule has 2 fully saturated rings. The van der Waals surface area contributed by atoms with Crippen LogP contribution in [0.5, 0.6) is 0 Å². The number of nitrogens with zero attached hydrogens (tertiary/aromatic N) is 2. The molecule has 0 unspecified atom stereocenters. The summed E-state index contributed by atoms with van der Waals surface area (Å²) < 4.78 is 0. The van der Waals surface area contributed by atoms with Crippen molar-refractivity contribution in [1.82, 2.24) is 4.90 Å². The number of anilines is 1. The zero-order valence-electron chi connectivity index (χ0n) is 15.3. The standard InChI is InChI=1S/C22H24N2O2/c1-15-8-11-19(16(2)12-15)24-21(25)13-20(22(24)26)23(18-9-10-18)14-17-6-4-3-5-7-17/h3-8,11-12,18,20H,9-10,13-14H2,1-2H3/t20-/m0/s1. The van der Waals surface area contributed by atoms with E-state index >= 15 is 0 Å². The maximum Gasteiger partial charge on any atom is 0.251 e. The van der Waals surface area contributed by atoms with E-state index in [0.29, 0.717) is 6.04 Å². The molecule has 2 aromatic carbocycles. The Bertz CT molecular complexity index is 842. The van der Waals surface area contributed by atoms with Gasteiger partial charge in [-0.25, -0.2) is 4.90 Å². The van der Waals surface area contributed by atoms with E-state index in [1.165, 1.54) is 10.5 Å². The zero-order chi connectivity index (χ0) is 18.3. The first-order valence-corrected chi connectivity index (χ1v) is 9.28. The number of carbonyl (C=O) groups is 2. The summed E-state index contributed by atoms with van der Waals surface area (Å²) in [6.45, 7) is 4.69. The van der Waals surface area contributed by atoms with E-state index in [2.05, 4.69) is 17.0 Å². The predicted molar refractivity (Wildman–Crippen MR) is 102 cm³/mol. The van der Waals surface area contributed by atoms with E-state index in [4.69, 9.17) is 0 Å². The maximum absolute atomic E-state index is 13.2. The molecule has 0 N–H and O–H groups in total. The first-order chi connectivity index (χ1) is 12.5. The minimum atomic E-state index is -0.351. The zero-order valence-corrected chi connectivity index (χ0v) is 15.3. The van der Waals surface area contributed by atoms with E-state index < -0.39 is 0 Å². The minimum Gasteiger partial charge on any atom is -0.284 e. The lowest BCUT2D eigenvalue weighted by Gasteiger charge is -2.27. The summed E-state index contributed by atoms with van der Waals surface area (Å²) in [7, 11) is 0. The third kappa shape index (κ3) is 3.17. The highest BCUT2D eigenvalue weighted by Crippen LogP contribution is 2.36. The molecule has 1 saturated heterocycles. The summed E-state index contributed by atoms with van der Waals surface area (Å²) in [5, 5.41) is 0. The van der Waals surface area contributed by atoms with Crippen molar-refractivity contribution in [3.8, 4) is 0 Å². The highest BCUT2D eigenvalue weighted by molar-refractivity contribution is 6.22. The van der Waals surface area contributed by atoms with E-state index in [9.17, 15) is 9.59 Å². The first-order valence-electron chi connectivity index (χ1n) is 9.28. The van der Waals surface area contributed by atoms with E-state index in [-0.39, 0.29) is 24.3 Å². The molecule has 26 heavy (non-hydrogen) atoms. The number of rotatable bonds is 5. The molecule has 0 radical (unpaired) electrons. The Kier molecular flexibility index (Phi) is 4.37. The van der Waals surface area contributed by atoms with Gasteiger partial charge in [0.1, 0.15) is 0 Å². The Morgan fingerprint density at radius 1 is 1.04 bits per heavy atom. The molecule has 0 bridgehead atoms. The average Bonchev–Trinajstić information content (AvgIpc) is 3.41. The van der Waals surface area contributed by atoms with Gasteiger partial charge < -0.3 is 0 Å². The van der Waals surface area contributed by atoms with Gasteiger partial charge >= 0.3 is 0 Å². The van der Waals surface area contributed by atoms with E-state index in [1.54, 1.807) is 0 Å². The number of imide groups is 1. The van der Waals surface area contributed by atoms with Crippen LogP contribution >= 0.6 is 0 Å². The molecular formula is C22H24N2O2. The molecule has 1 heterocycles. The molecule has 0 spiro atoms. The third-order valence-electron chi connectivity index (χ3n) is 5.34. The van der Waals surface area contributed by atoms with Gasteiger partial charge in [0.15, 0.2) is 0 Å². The second kappa shape index (κ2) is 6.69. The number of hydrogen-bond donors (Lipinski definition) is 0. The average molecular weight is 348 g/mol. The Balaban J connectivity index is 1.61. The van der Waals surface area contributed by atoms with Crippen LogP contribution < -0.4 is 4.90 Å². The summed E-state index contributed by atoms with van der Waals surface area (Å²) in [6.07, 6.45) is 2.48. The topological polar surface area (TPSA) is 40.6 Å². The van der Waals surface area contributed by atoms with Crippen molar-refractivity contribution in [2.45, 2.75) is 51.7 Å². The largest absolute Gasteiger partial charge is 0.284 e. The lowest BCUT2D eigenvalue weighted by Crippen LogP contribution is -2.43. The van der Waals surface area contributed by atoms with Gasteiger partial charge in [-0.3, -0.25) is 14.5 Å². The molecule has 1 atom stereocenters. The van der Waals surface area contributed by atoms with Crippen LogP contribution in [0.2, 0.25) is 0 Å². The maximum atomic E-state index is 13.2. The van der Waals surface area contributed by atoms with Gasteiger partial charge in [0.2, 0.25) is 5.91 Å². The fraction of sp³-hybridized carbons (Fsp3) is 0.364. The Morgan fingerprint density at radius 3 is 2.42 bits per heavy atom. The normalized spacial score (nSPS) is 20.3. The molecule has 1 saturated carbocycles. The van der Waals surface area contributed by atoms with Crippen LogP contribution in [-0.4, -0.2) is 28.8 Å². The van der Waals surface area contributed by atoms with Crippen LogP contribution in [-0.2, 0) is 16.1 Å². The second-order valence-electron chi connectivity index (χ2n) is 7.47. The SMILES string of the molecule is Cc1ccc(N2C(=O)C[C@H](N(Cc3ccccc3)C3CC3)C2=O)c(C)c1. The van der Waals surface area contributed by atoms with Crippen molar-refractivity contribution >= 4 is 17.5 Å². The molecule has 4 nitrogen and oxygen atoms in total. The van der Waals surface area contributed by atoms with Gasteiger partial charge in [0, 0.05) is 12.6 Å². The van der Waals surface area contributed by atoms with Gasteiger partial charge in [-0.05, 0) is 43.9 Å². The van der Waals surface area contributed by atoms with Crippen molar-refractivity contribution in [3.05, 3.63) is 65.2 Å². The van der Waals surface area contributed by atoms with Crippen molar-refractivity contribution in [3.63, 3.8) is 0 Å². The van der Waals surface area contributed by atoms with Crippen molar-refractivity contribution in [2.75, 3.05) is 4.90 Å².